The third-order valence-corrected chi connectivity index (χ3v) is 3.86. The van der Waals surface area contributed by atoms with Gasteiger partial charge in [0, 0.05) is 12.5 Å². The fraction of sp³-hybridized carbons (Fsp3) is 0.647. The molecular formula is C17H26O3. The molecule has 3 heteroatoms. The normalized spacial score (nSPS) is 20.9. The third kappa shape index (κ3) is 3.74. The zero-order valence-corrected chi connectivity index (χ0v) is 13.0. The van der Waals surface area contributed by atoms with E-state index in [9.17, 15) is 5.11 Å². The van der Waals surface area contributed by atoms with Gasteiger partial charge in [-0.15, -0.1) is 0 Å². The molecule has 20 heavy (non-hydrogen) atoms. The number of benzene rings is 1. The molecule has 0 aromatic heterocycles. The molecule has 2 unspecified atom stereocenters. The zero-order valence-electron chi connectivity index (χ0n) is 13.0. The van der Waals surface area contributed by atoms with Crippen molar-refractivity contribution in [2.45, 2.75) is 45.6 Å². The minimum absolute atomic E-state index is 0.0305. The van der Waals surface area contributed by atoms with Gasteiger partial charge in [0.15, 0.2) is 0 Å². The van der Waals surface area contributed by atoms with Gasteiger partial charge in [-0.3, -0.25) is 0 Å². The molecule has 1 N–H and O–H groups in total. The highest BCUT2D eigenvalue weighted by molar-refractivity contribution is 5.41. The number of hydrogen-bond donors (Lipinski definition) is 1. The number of ether oxygens (including phenoxy) is 2. The van der Waals surface area contributed by atoms with Gasteiger partial charge in [0.25, 0.3) is 0 Å². The van der Waals surface area contributed by atoms with Crippen molar-refractivity contribution in [3.63, 3.8) is 0 Å². The maximum absolute atomic E-state index is 10.2. The lowest BCUT2D eigenvalue weighted by Crippen LogP contribution is -2.28. The topological polar surface area (TPSA) is 38.7 Å². The first kappa shape index (κ1) is 15.3. The molecular weight excluding hydrogens is 252 g/mol. The van der Waals surface area contributed by atoms with Gasteiger partial charge in [-0.2, -0.15) is 0 Å². The zero-order chi connectivity index (χ0) is 14.8. The van der Waals surface area contributed by atoms with E-state index in [4.69, 9.17) is 9.47 Å². The molecule has 2 atom stereocenters. The van der Waals surface area contributed by atoms with Crippen molar-refractivity contribution in [3.8, 4) is 5.75 Å². The van der Waals surface area contributed by atoms with Crippen molar-refractivity contribution in [2.75, 3.05) is 19.8 Å². The van der Waals surface area contributed by atoms with E-state index >= 15 is 0 Å². The van der Waals surface area contributed by atoms with E-state index in [-0.39, 0.29) is 11.3 Å². The van der Waals surface area contributed by atoms with Crippen LogP contribution >= 0.6 is 0 Å². The van der Waals surface area contributed by atoms with Crippen LogP contribution in [0.25, 0.3) is 0 Å². The highest BCUT2D eigenvalue weighted by atomic mass is 16.5. The number of hydrogen-bond acceptors (Lipinski definition) is 3. The van der Waals surface area contributed by atoms with E-state index in [0.29, 0.717) is 13.2 Å². The first-order valence-corrected chi connectivity index (χ1v) is 7.37. The molecule has 1 aromatic carbocycles. The summed E-state index contributed by atoms with van der Waals surface area (Å²) in [6.45, 7) is 10.3. The molecule has 1 fully saturated rings. The Morgan fingerprint density at radius 3 is 2.75 bits per heavy atom. The van der Waals surface area contributed by atoms with Crippen LogP contribution in [0.1, 0.15) is 38.3 Å². The summed E-state index contributed by atoms with van der Waals surface area (Å²) in [6, 6.07) is 6.23. The van der Waals surface area contributed by atoms with Gasteiger partial charge >= 0.3 is 0 Å². The Bertz CT molecular complexity index is 442. The first-order chi connectivity index (χ1) is 9.38. The van der Waals surface area contributed by atoms with Gasteiger partial charge in [-0.25, -0.2) is 0 Å². The molecule has 1 aliphatic heterocycles. The molecule has 3 nitrogen and oxygen atoms in total. The van der Waals surface area contributed by atoms with Crippen LogP contribution in [0.15, 0.2) is 18.2 Å². The standard InChI is InChI=1S/C17H26O3/c1-12-5-6-16(14(9-12)17(2,3)4)20-11-15(18)13-7-8-19-10-13/h5-6,9,13,15,18H,7-8,10-11H2,1-4H3. The minimum atomic E-state index is -0.452. The van der Waals surface area contributed by atoms with Crippen LogP contribution in [0, 0.1) is 12.8 Å². The van der Waals surface area contributed by atoms with Gasteiger partial charge in [0.2, 0.25) is 0 Å². The van der Waals surface area contributed by atoms with Crippen molar-refractivity contribution in [2.24, 2.45) is 5.92 Å². The van der Waals surface area contributed by atoms with E-state index in [1.807, 2.05) is 6.07 Å². The second-order valence-corrected chi connectivity index (χ2v) is 6.75. The van der Waals surface area contributed by atoms with Gasteiger partial charge in [0.1, 0.15) is 12.4 Å². The van der Waals surface area contributed by atoms with Crippen LogP contribution in [0.4, 0.5) is 0 Å². The van der Waals surface area contributed by atoms with E-state index in [1.165, 1.54) is 11.1 Å². The summed E-state index contributed by atoms with van der Waals surface area (Å²) in [5, 5.41) is 10.2. The van der Waals surface area contributed by atoms with Crippen LogP contribution in [-0.2, 0) is 10.2 Å². The number of aliphatic hydroxyl groups excluding tert-OH is 1. The number of rotatable bonds is 4. The van der Waals surface area contributed by atoms with Gasteiger partial charge in [-0.1, -0.05) is 38.5 Å². The fourth-order valence-corrected chi connectivity index (χ4v) is 2.52. The molecule has 0 amide bonds. The molecule has 112 valence electrons. The Morgan fingerprint density at radius 1 is 1.40 bits per heavy atom. The summed E-state index contributed by atoms with van der Waals surface area (Å²) < 4.78 is 11.2. The largest absolute Gasteiger partial charge is 0.491 e. The van der Waals surface area contributed by atoms with E-state index in [0.717, 1.165) is 18.8 Å². The van der Waals surface area contributed by atoms with Crippen molar-refractivity contribution >= 4 is 0 Å². The molecule has 2 rings (SSSR count). The molecule has 0 spiro atoms. The SMILES string of the molecule is Cc1ccc(OCC(O)C2CCOC2)c(C(C)(C)C)c1. The molecule has 0 radical (unpaired) electrons. The fourth-order valence-electron chi connectivity index (χ4n) is 2.52. The molecule has 0 saturated carbocycles. The molecule has 0 bridgehead atoms. The molecule has 1 saturated heterocycles. The minimum Gasteiger partial charge on any atom is -0.491 e. The lowest BCUT2D eigenvalue weighted by molar-refractivity contribution is 0.0493. The van der Waals surface area contributed by atoms with E-state index in [2.05, 4.69) is 39.8 Å². The average molecular weight is 278 g/mol. The van der Waals surface area contributed by atoms with Gasteiger partial charge in [0.05, 0.1) is 12.7 Å². The number of aryl methyl sites for hydroxylation is 1. The predicted molar refractivity (Wildman–Crippen MR) is 80.3 cm³/mol. The maximum Gasteiger partial charge on any atom is 0.123 e. The second kappa shape index (κ2) is 6.15. The molecule has 1 aliphatic rings. The average Bonchev–Trinajstić information content (AvgIpc) is 2.89. The van der Waals surface area contributed by atoms with Crippen molar-refractivity contribution in [1.82, 2.24) is 0 Å². The summed E-state index contributed by atoms with van der Waals surface area (Å²) in [7, 11) is 0. The lowest BCUT2D eigenvalue weighted by Gasteiger charge is -2.25. The summed E-state index contributed by atoms with van der Waals surface area (Å²) in [6.07, 6.45) is 0.469. The van der Waals surface area contributed by atoms with Crippen LogP contribution in [0.3, 0.4) is 0 Å². The summed E-state index contributed by atoms with van der Waals surface area (Å²) in [5.74, 6) is 1.08. The Kier molecular flexibility index (Phi) is 4.71. The summed E-state index contributed by atoms with van der Waals surface area (Å²) in [4.78, 5) is 0. The second-order valence-electron chi connectivity index (χ2n) is 6.75. The summed E-state index contributed by atoms with van der Waals surface area (Å²) in [5.41, 5.74) is 2.45. The smallest absolute Gasteiger partial charge is 0.123 e. The van der Waals surface area contributed by atoms with Crippen molar-refractivity contribution < 1.29 is 14.6 Å². The third-order valence-electron chi connectivity index (χ3n) is 3.86. The Hall–Kier alpha value is -1.06. The van der Waals surface area contributed by atoms with Crippen molar-refractivity contribution in [3.05, 3.63) is 29.3 Å². The van der Waals surface area contributed by atoms with E-state index in [1.54, 1.807) is 0 Å². The maximum atomic E-state index is 10.2. The first-order valence-electron chi connectivity index (χ1n) is 7.37. The van der Waals surface area contributed by atoms with E-state index < -0.39 is 6.10 Å². The molecule has 0 aliphatic carbocycles. The van der Waals surface area contributed by atoms with Crippen LogP contribution in [0.2, 0.25) is 0 Å². The highest BCUT2D eigenvalue weighted by Crippen LogP contribution is 2.32. The van der Waals surface area contributed by atoms with Gasteiger partial charge < -0.3 is 14.6 Å². The van der Waals surface area contributed by atoms with Gasteiger partial charge in [-0.05, 0) is 30.4 Å². The highest BCUT2D eigenvalue weighted by Gasteiger charge is 2.25. The molecule has 1 aromatic rings. The van der Waals surface area contributed by atoms with Crippen molar-refractivity contribution in [1.29, 1.82) is 0 Å². The van der Waals surface area contributed by atoms with Crippen LogP contribution in [0.5, 0.6) is 5.75 Å². The number of aliphatic hydroxyl groups is 1. The Morgan fingerprint density at radius 2 is 2.15 bits per heavy atom. The van der Waals surface area contributed by atoms with Crippen LogP contribution in [-0.4, -0.2) is 31.0 Å². The quantitative estimate of drug-likeness (QED) is 0.920. The van der Waals surface area contributed by atoms with Crippen LogP contribution < -0.4 is 4.74 Å². The summed E-state index contributed by atoms with van der Waals surface area (Å²) >= 11 is 0. The molecule has 1 heterocycles. The Balaban J connectivity index is 2.05. The monoisotopic (exact) mass is 278 g/mol. The predicted octanol–water partition coefficient (Wildman–Crippen LogP) is 3.07. The Labute approximate surface area is 121 Å². The lowest BCUT2D eigenvalue weighted by atomic mass is 9.85.